The monoisotopic (exact) mass is 338 g/mol. The first-order chi connectivity index (χ1) is 10.7. The second-order valence-corrected chi connectivity index (χ2v) is 6.04. The fourth-order valence-electron chi connectivity index (χ4n) is 1.69. The van der Waals surface area contributed by atoms with Crippen molar-refractivity contribution in [3.8, 4) is 6.07 Å². The molecule has 0 aliphatic rings. The molecule has 0 unspecified atom stereocenters. The van der Waals surface area contributed by atoms with Crippen LogP contribution in [0.4, 0.5) is 14.5 Å². The minimum Gasteiger partial charge on any atom is -0.478 e. The van der Waals surface area contributed by atoms with E-state index in [0.717, 1.165) is 24.3 Å². The number of anilines is 1. The molecule has 0 bridgehead atoms. The van der Waals surface area contributed by atoms with Crippen molar-refractivity contribution in [3.63, 3.8) is 0 Å². The number of nitrogens with one attached hydrogen (secondary N) is 1. The molecule has 0 saturated carbocycles. The number of hydrogen-bond acceptors (Lipinski definition) is 4. The molecule has 9 heteroatoms. The first-order valence-corrected chi connectivity index (χ1v) is 7.48. The van der Waals surface area contributed by atoms with Crippen LogP contribution in [0.25, 0.3) is 0 Å². The molecule has 0 amide bonds. The van der Waals surface area contributed by atoms with Crippen LogP contribution in [-0.4, -0.2) is 19.5 Å². The van der Waals surface area contributed by atoms with Gasteiger partial charge in [-0.25, -0.2) is 22.0 Å². The average molecular weight is 338 g/mol. The first kappa shape index (κ1) is 16.4. The molecule has 0 aliphatic carbocycles. The molecule has 2 aromatic carbocycles. The lowest BCUT2D eigenvalue weighted by atomic mass is 10.2. The smallest absolute Gasteiger partial charge is 0.335 e. The number of carbonyl (C=O) groups is 1. The number of aromatic carboxylic acids is 1. The van der Waals surface area contributed by atoms with Crippen molar-refractivity contribution in [1.82, 2.24) is 0 Å². The van der Waals surface area contributed by atoms with Gasteiger partial charge in [-0.1, -0.05) is 0 Å². The number of sulfonamides is 1. The summed E-state index contributed by atoms with van der Waals surface area (Å²) in [7, 11) is -4.30. The number of nitriles is 1. The van der Waals surface area contributed by atoms with Gasteiger partial charge in [-0.15, -0.1) is 0 Å². The number of nitrogens with zero attached hydrogens (tertiary/aromatic N) is 1. The van der Waals surface area contributed by atoms with Gasteiger partial charge in [-0.05, 0) is 36.4 Å². The normalized spacial score (nSPS) is 10.8. The van der Waals surface area contributed by atoms with Gasteiger partial charge in [0, 0.05) is 0 Å². The predicted molar refractivity (Wildman–Crippen MR) is 75.3 cm³/mol. The van der Waals surface area contributed by atoms with Gasteiger partial charge in [-0.2, -0.15) is 5.26 Å². The predicted octanol–water partition coefficient (Wildman–Crippen LogP) is 2.34. The van der Waals surface area contributed by atoms with Crippen LogP contribution in [0.3, 0.4) is 0 Å². The third-order valence-electron chi connectivity index (χ3n) is 2.83. The summed E-state index contributed by atoms with van der Waals surface area (Å²) in [4.78, 5) is 10.2. The van der Waals surface area contributed by atoms with Crippen molar-refractivity contribution in [1.29, 1.82) is 5.26 Å². The van der Waals surface area contributed by atoms with Crippen molar-refractivity contribution in [2.45, 2.75) is 4.90 Å². The standard InChI is InChI=1S/C14H8F2N2O4S/c15-11-6-10(3-1-9(11)7-17)23(21,22)18-13-4-2-8(14(19)20)5-12(13)16/h1-6,18H,(H,19,20). The van der Waals surface area contributed by atoms with Gasteiger partial charge in [0.25, 0.3) is 10.0 Å². The van der Waals surface area contributed by atoms with Gasteiger partial charge >= 0.3 is 5.97 Å². The van der Waals surface area contributed by atoms with Crippen molar-refractivity contribution >= 4 is 21.7 Å². The molecule has 0 heterocycles. The van der Waals surface area contributed by atoms with Crippen LogP contribution >= 0.6 is 0 Å². The van der Waals surface area contributed by atoms with E-state index < -0.39 is 38.2 Å². The highest BCUT2D eigenvalue weighted by Gasteiger charge is 2.19. The maximum atomic E-state index is 13.7. The summed E-state index contributed by atoms with van der Waals surface area (Å²) in [6, 6.07) is 6.76. The van der Waals surface area contributed by atoms with Gasteiger partial charge in [0.05, 0.1) is 21.7 Å². The van der Waals surface area contributed by atoms with Gasteiger partial charge in [0.1, 0.15) is 17.7 Å². The number of halogens is 2. The number of hydrogen-bond donors (Lipinski definition) is 2. The molecular weight excluding hydrogens is 330 g/mol. The summed E-state index contributed by atoms with van der Waals surface area (Å²) < 4.78 is 53.3. The van der Waals surface area contributed by atoms with Crippen LogP contribution in [0.15, 0.2) is 41.3 Å². The van der Waals surface area contributed by atoms with Crippen molar-refractivity contribution in [2.75, 3.05) is 4.72 Å². The zero-order chi connectivity index (χ0) is 17.2. The largest absolute Gasteiger partial charge is 0.478 e. The molecule has 0 aliphatic heterocycles. The van der Waals surface area contributed by atoms with Gasteiger partial charge in [0.15, 0.2) is 0 Å². The zero-order valence-electron chi connectivity index (χ0n) is 11.2. The Morgan fingerprint density at radius 2 is 1.83 bits per heavy atom. The quantitative estimate of drug-likeness (QED) is 0.890. The summed E-state index contributed by atoms with van der Waals surface area (Å²) in [5.41, 5.74) is -1.17. The third-order valence-corrected chi connectivity index (χ3v) is 4.19. The molecule has 2 rings (SSSR count). The Balaban J connectivity index is 2.37. The fraction of sp³-hybridized carbons (Fsp3) is 0. The summed E-state index contributed by atoms with van der Waals surface area (Å²) in [5, 5.41) is 17.3. The minimum atomic E-state index is -4.30. The number of benzene rings is 2. The SMILES string of the molecule is N#Cc1ccc(S(=O)(=O)Nc2ccc(C(=O)O)cc2F)cc1F. The van der Waals surface area contributed by atoms with Crippen molar-refractivity contribution in [3.05, 3.63) is 59.2 Å². The van der Waals surface area contributed by atoms with Crippen LogP contribution in [-0.2, 0) is 10.0 Å². The molecule has 6 nitrogen and oxygen atoms in total. The zero-order valence-corrected chi connectivity index (χ0v) is 12.1. The highest BCUT2D eigenvalue weighted by molar-refractivity contribution is 7.92. The topological polar surface area (TPSA) is 107 Å². The van der Waals surface area contributed by atoms with Gasteiger partial charge in [0.2, 0.25) is 0 Å². The molecule has 0 saturated heterocycles. The van der Waals surface area contributed by atoms with Gasteiger partial charge in [-0.3, -0.25) is 4.72 Å². The van der Waals surface area contributed by atoms with E-state index in [0.29, 0.717) is 12.1 Å². The Morgan fingerprint density at radius 3 is 2.35 bits per heavy atom. The van der Waals surface area contributed by atoms with E-state index in [1.165, 1.54) is 0 Å². The molecule has 0 radical (unpaired) electrons. The number of carboxylic acid groups (broad SMARTS) is 1. The molecule has 0 fully saturated rings. The van der Waals surface area contributed by atoms with Crippen LogP contribution in [0, 0.1) is 23.0 Å². The summed E-state index contributed by atoms with van der Waals surface area (Å²) in [6.45, 7) is 0. The van der Waals surface area contributed by atoms with E-state index in [2.05, 4.69) is 0 Å². The Hall–Kier alpha value is -2.99. The summed E-state index contributed by atoms with van der Waals surface area (Å²) in [6.07, 6.45) is 0. The van der Waals surface area contributed by atoms with E-state index in [1.807, 2.05) is 4.72 Å². The number of rotatable bonds is 4. The van der Waals surface area contributed by atoms with E-state index in [1.54, 1.807) is 6.07 Å². The Bertz CT molecular complexity index is 936. The second-order valence-electron chi connectivity index (χ2n) is 4.36. The first-order valence-electron chi connectivity index (χ1n) is 6.00. The van der Waals surface area contributed by atoms with E-state index in [9.17, 15) is 22.0 Å². The van der Waals surface area contributed by atoms with E-state index >= 15 is 0 Å². The summed E-state index contributed by atoms with van der Waals surface area (Å²) >= 11 is 0. The van der Waals surface area contributed by atoms with E-state index in [-0.39, 0.29) is 11.1 Å². The van der Waals surface area contributed by atoms with Crippen LogP contribution in [0.1, 0.15) is 15.9 Å². The molecule has 0 atom stereocenters. The Labute approximate surface area is 129 Å². The lowest BCUT2D eigenvalue weighted by molar-refractivity contribution is 0.0696. The van der Waals surface area contributed by atoms with Gasteiger partial charge < -0.3 is 5.11 Å². The molecule has 118 valence electrons. The van der Waals surface area contributed by atoms with Crippen molar-refractivity contribution < 1.29 is 27.1 Å². The minimum absolute atomic E-state index is 0.332. The Morgan fingerprint density at radius 1 is 1.13 bits per heavy atom. The molecule has 2 N–H and O–H groups in total. The fourth-order valence-corrected chi connectivity index (χ4v) is 2.77. The van der Waals surface area contributed by atoms with Crippen LogP contribution in [0.2, 0.25) is 0 Å². The van der Waals surface area contributed by atoms with E-state index in [4.69, 9.17) is 10.4 Å². The average Bonchev–Trinajstić information content (AvgIpc) is 2.48. The molecule has 0 aromatic heterocycles. The molecule has 0 spiro atoms. The lowest BCUT2D eigenvalue weighted by Gasteiger charge is -2.09. The lowest BCUT2D eigenvalue weighted by Crippen LogP contribution is -2.14. The maximum Gasteiger partial charge on any atom is 0.335 e. The highest BCUT2D eigenvalue weighted by Crippen LogP contribution is 2.21. The van der Waals surface area contributed by atoms with Crippen LogP contribution < -0.4 is 4.72 Å². The van der Waals surface area contributed by atoms with Crippen LogP contribution in [0.5, 0.6) is 0 Å². The summed E-state index contributed by atoms with van der Waals surface area (Å²) in [5.74, 6) is -3.49. The molecular formula is C14H8F2N2O4S. The highest BCUT2D eigenvalue weighted by atomic mass is 32.2. The molecule has 23 heavy (non-hydrogen) atoms. The third kappa shape index (κ3) is 3.44. The maximum absolute atomic E-state index is 13.7. The molecule has 2 aromatic rings. The second kappa shape index (κ2) is 6.02. The van der Waals surface area contributed by atoms with Crippen molar-refractivity contribution in [2.24, 2.45) is 0 Å². The Kier molecular flexibility index (Phi) is 4.29. The number of carboxylic acids is 1.